The largest absolute Gasteiger partial charge is 0.465 e. The van der Waals surface area contributed by atoms with Crippen LogP contribution in [-0.2, 0) is 6.54 Å². The van der Waals surface area contributed by atoms with Gasteiger partial charge in [0, 0.05) is 5.56 Å². The summed E-state index contributed by atoms with van der Waals surface area (Å²) in [5.74, 6) is -0.282. The van der Waals surface area contributed by atoms with Crippen LogP contribution in [0.1, 0.15) is 64.9 Å². The highest BCUT2D eigenvalue weighted by molar-refractivity contribution is 6.33. The van der Waals surface area contributed by atoms with Crippen LogP contribution in [0.5, 0.6) is 0 Å². The maximum Gasteiger partial charge on any atom is 0.412 e. The summed E-state index contributed by atoms with van der Waals surface area (Å²) in [6, 6.07) is 9.16. The zero-order valence-corrected chi connectivity index (χ0v) is 18.8. The van der Waals surface area contributed by atoms with Crippen LogP contribution in [0, 0.1) is 17.6 Å². The molecule has 0 aromatic heterocycles. The van der Waals surface area contributed by atoms with Crippen molar-refractivity contribution < 1.29 is 18.7 Å². The average Bonchev–Trinajstić information content (AvgIpc) is 2.70. The van der Waals surface area contributed by atoms with Gasteiger partial charge in [0.2, 0.25) is 0 Å². The van der Waals surface area contributed by atoms with Gasteiger partial charge in [0.1, 0.15) is 11.6 Å². The third kappa shape index (κ3) is 8.70. The molecule has 166 valence electrons. The Kier molecular flexibility index (Phi) is 12.1. The van der Waals surface area contributed by atoms with Crippen LogP contribution in [0.3, 0.4) is 0 Å². The Morgan fingerprint density at radius 1 is 1.00 bits per heavy atom. The number of benzene rings is 2. The lowest BCUT2D eigenvalue weighted by Gasteiger charge is -2.20. The van der Waals surface area contributed by atoms with E-state index in [9.17, 15) is 18.7 Å². The second-order valence-corrected chi connectivity index (χ2v) is 7.70. The van der Waals surface area contributed by atoms with Crippen molar-refractivity contribution in [2.24, 2.45) is 5.92 Å². The monoisotopic (exact) mass is 439 g/mol. The van der Waals surface area contributed by atoms with Gasteiger partial charge in [-0.05, 0) is 36.2 Å². The molecule has 0 saturated carbocycles. The third-order valence-electron chi connectivity index (χ3n) is 4.80. The molecule has 0 aliphatic rings. The Balaban J connectivity index is 0.000000382. The smallest absolute Gasteiger partial charge is 0.412 e. The summed E-state index contributed by atoms with van der Waals surface area (Å²) in [5, 5.41) is 9.44. The molecule has 0 saturated heterocycles. The van der Waals surface area contributed by atoms with E-state index < -0.39 is 17.7 Å². The molecular formula is C24H32ClF2NO2. The van der Waals surface area contributed by atoms with Gasteiger partial charge in [0.05, 0.1) is 17.3 Å². The standard InChI is InChI=1S/C14H10ClF2NO2.C10H22/c15-11-3-1-2-4-13(11)18(14(19)20)8-9-7-10(16)5-6-12(9)17;1-4-7-10(8-5-2)9-6-3/h1-7H,8H2,(H,19,20);10H,4-9H2,1-3H3. The minimum absolute atomic E-state index is 0.0627. The highest BCUT2D eigenvalue weighted by Gasteiger charge is 2.19. The lowest BCUT2D eigenvalue weighted by molar-refractivity contribution is 0.201. The van der Waals surface area contributed by atoms with Crippen LogP contribution < -0.4 is 4.90 Å². The molecule has 0 fully saturated rings. The molecular weight excluding hydrogens is 408 g/mol. The van der Waals surface area contributed by atoms with E-state index in [2.05, 4.69) is 20.8 Å². The van der Waals surface area contributed by atoms with Crippen LogP contribution in [0.15, 0.2) is 42.5 Å². The third-order valence-corrected chi connectivity index (χ3v) is 5.12. The van der Waals surface area contributed by atoms with Crippen molar-refractivity contribution in [3.8, 4) is 0 Å². The summed E-state index contributed by atoms with van der Waals surface area (Å²) >= 11 is 5.93. The first-order valence-electron chi connectivity index (χ1n) is 10.5. The first-order chi connectivity index (χ1) is 14.3. The molecule has 2 aromatic carbocycles. The number of anilines is 1. The van der Waals surface area contributed by atoms with Crippen molar-refractivity contribution in [2.75, 3.05) is 4.90 Å². The van der Waals surface area contributed by atoms with Crippen LogP contribution in [0.4, 0.5) is 19.3 Å². The normalized spacial score (nSPS) is 10.5. The van der Waals surface area contributed by atoms with Gasteiger partial charge < -0.3 is 5.11 Å². The summed E-state index contributed by atoms with van der Waals surface area (Å²) in [7, 11) is 0. The van der Waals surface area contributed by atoms with Gasteiger partial charge in [0.15, 0.2) is 0 Å². The van der Waals surface area contributed by atoms with Gasteiger partial charge in [0.25, 0.3) is 0 Å². The quantitative estimate of drug-likeness (QED) is 0.426. The highest BCUT2D eigenvalue weighted by Crippen LogP contribution is 2.27. The Morgan fingerprint density at radius 3 is 2.07 bits per heavy atom. The summed E-state index contributed by atoms with van der Waals surface area (Å²) in [6.45, 7) is 6.54. The van der Waals surface area contributed by atoms with Gasteiger partial charge in [-0.2, -0.15) is 0 Å². The lowest BCUT2D eigenvalue weighted by atomic mass is 9.94. The van der Waals surface area contributed by atoms with Crippen molar-refractivity contribution in [1.29, 1.82) is 0 Å². The maximum atomic E-state index is 13.6. The van der Waals surface area contributed by atoms with E-state index in [4.69, 9.17) is 11.6 Å². The molecule has 0 aliphatic heterocycles. The number of halogens is 3. The Bertz CT molecular complexity index is 771. The van der Waals surface area contributed by atoms with Crippen molar-refractivity contribution in [3.63, 3.8) is 0 Å². The van der Waals surface area contributed by atoms with E-state index in [1.54, 1.807) is 12.1 Å². The van der Waals surface area contributed by atoms with E-state index in [1.807, 2.05) is 0 Å². The first-order valence-corrected chi connectivity index (χ1v) is 10.9. The lowest BCUT2D eigenvalue weighted by Crippen LogP contribution is -2.29. The molecule has 0 bridgehead atoms. The first kappa shape index (κ1) is 25.9. The average molecular weight is 440 g/mol. The summed E-state index contributed by atoms with van der Waals surface area (Å²) < 4.78 is 26.7. The van der Waals surface area contributed by atoms with Crippen LogP contribution in [0.2, 0.25) is 5.02 Å². The maximum absolute atomic E-state index is 13.6. The van der Waals surface area contributed by atoms with Crippen molar-refractivity contribution >= 4 is 23.4 Å². The van der Waals surface area contributed by atoms with Gasteiger partial charge in [-0.1, -0.05) is 83.0 Å². The molecule has 0 spiro atoms. The summed E-state index contributed by atoms with van der Waals surface area (Å²) in [4.78, 5) is 12.2. The van der Waals surface area contributed by atoms with Gasteiger partial charge in [-0.3, -0.25) is 4.90 Å². The molecule has 30 heavy (non-hydrogen) atoms. The molecule has 1 amide bonds. The molecule has 3 nitrogen and oxygen atoms in total. The number of hydrogen-bond acceptors (Lipinski definition) is 1. The second-order valence-electron chi connectivity index (χ2n) is 7.29. The SMILES string of the molecule is CCCC(CCC)CCC.O=C(O)N(Cc1cc(F)ccc1F)c1ccccc1Cl. The zero-order valence-electron chi connectivity index (χ0n) is 18.0. The predicted molar refractivity (Wildman–Crippen MR) is 120 cm³/mol. The van der Waals surface area contributed by atoms with E-state index in [-0.39, 0.29) is 22.8 Å². The van der Waals surface area contributed by atoms with E-state index in [1.165, 1.54) is 50.7 Å². The number of hydrogen-bond donors (Lipinski definition) is 1. The van der Waals surface area contributed by atoms with E-state index in [0.29, 0.717) is 0 Å². The highest BCUT2D eigenvalue weighted by atomic mass is 35.5. The van der Waals surface area contributed by atoms with Crippen LogP contribution in [0.25, 0.3) is 0 Å². The molecule has 0 radical (unpaired) electrons. The Hall–Kier alpha value is -2.14. The number of para-hydroxylation sites is 1. The number of carboxylic acid groups (broad SMARTS) is 1. The Morgan fingerprint density at radius 2 is 1.57 bits per heavy atom. The zero-order chi connectivity index (χ0) is 22.5. The van der Waals surface area contributed by atoms with E-state index in [0.717, 1.165) is 29.0 Å². The molecule has 6 heteroatoms. The topological polar surface area (TPSA) is 40.5 Å². The summed E-state index contributed by atoms with van der Waals surface area (Å²) in [6.07, 6.45) is 7.13. The predicted octanol–water partition coefficient (Wildman–Crippen LogP) is 8.31. The molecule has 0 aliphatic carbocycles. The number of amides is 1. The second kappa shape index (κ2) is 14.0. The van der Waals surface area contributed by atoms with Crippen LogP contribution in [-0.4, -0.2) is 11.2 Å². The number of nitrogens with zero attached hydrogens (tertiary/aromatic N) is 1. The molecule has 0 atom stereocenters. The van der Waals surface area contributed by atoms with Crippen LogP contribution >= 0.6 is 11.6 Å². The molecule has 0 heterocycles. The van der Waals surface area contributed by atoms with Gasteiger partial charge in [-0.15, -0.1) is 0 Å². The summed E-state index contributed by atoms with van der Waals surface area (Å²) in [5.41, 5.74) is 0.151. The minimum atomic E-state index is -1.30. The van der Waals surface area contributed by atoms with Crippen molar-refractivity contribution in [3.05, 3.63) is 64.7 Å². The number of carbonyl (C=O) groups is 1. The molecule has 0 unspecified atom stereocenters. The number of rotatable bonds is 9. The Labute approximate surface area is 183 Å². The fourth-order valence-electron chi connectivity index (χ4n) is 3.42. The fraction of sp³-hybridized carbons (Fsp3) is 0.458. The van der Waals surface area contributed by atoms with Gasteiger partial charge >= 0.3 is 6.09 Å². The van der Waals surface area contributed by atoms with E-state index >= 15 is 0 Å². The van der Waals surface area contributed by atoms with Crippen molar-refractivity contribution in [2.45, 2.75) is 65.8 Å². The molecule has 2 aromatic rings. The van der Waals surface area contributed by atoms with Gasteiger partial charge in [-0.25, -0.2) is 13.6 Å². The van der Waals surface area contributed by atoms with Crippen molar-refractivity contribution in [1.82, 2.24) is 0 Å². The molecule has 1 N–H and O–H groups in total. The molecule has 2 rings (SSSR count). The fourth-order valence-corrected chi connectivity index (χ4v) is 3.66. The minimum Gasteiger partial charge on any atom is -0.465 e.